The number of nitrogens with one attached hydrogen (secondary N) is 1. The maximum atomic E-state index is 3.73. The van der Waals surface area contributed by atoms with Crippen molar-refractivity contribution in [3.8, 4) is 0 Å². The van der Waals surface area contributed by atoms with E-state index in [4.69, 9.17) is 0 Å². The molecule has 2 unspecified atom stereocenters. The summed E-state index contributed by atoms with van der Waals surface area (Å²) < 4.78 is 0. The van der Waals surface area contributed by atoms with Crippen LogP contribution in [0.5, 0.6) is 0 Å². The normalized spacial score (nSPS) is 34.8. The third-order valence-electron chi connectivity index (χ3n) is 5.27. The van der Waals surface area contributed by atoms with Crippen molar-refractivity contribution in [2.24, 2.45) is 0 Å². The van der Waals surface area contributed by atoms with Crippen LogP contribution in [-0.4, -0.2) is 41.6 Å². The molecular formula is C18H28N2S. The molecule has 0 bridgehead atoms. The Balaban J connectivity index is 1.64. The van der Waals surface area contributed by atoms with Gasteiger partial charge in [-0.3, -0.25) is 4.90 Å². The molecule has 0 spiro atoms. The number of piperazine rings is 1. The van der Waals surface area contributed by atoms with E-state index in [9.17, 15) is 0 Å². The quantitative estimate of drug-likeness (QED) is 0.917. The zero-order valence-electron chi connectivity index (χ0n) is 13.3. The fourth-order valence-electron chi connectivity index (χ4n) is 3.92. The molecule has 1 saturated heterocycles. The van der Waals surface area contributed by atoms with Crippen LogP contribution in [0.2, 0.25) is 0 Å². The standard InChI is InChI=1S/C18H28N2S/c1-14-12-19-18(15-6-4-3-5-7-15)13-20(14)16-8-10-17(21-2)11-9-16/h3-7,14,16-19H,8-13H2,1-2H3. The van der Waals surface area contributed by atoms with Gasteiger partial charge in [0, 0.05) is 36.5 Å². The molecule has 1 aliphatic carbocycles. The zero-order valence-corrected chi connectivity index (χ0v) is 14.1. The van der Waals surface area contributed by atoms with Crippen LogP contribution in [0.25, 0.3) is 0 Å². The molecule has 2 nitrogen and oxygen atoms in total. The Bertz CT molecular complexity index is 428. The Kier molecular flexibility index (Phi) is 5.25. The Hall–Kier alpha value is -0.510. The summed E-state index contributed by atoms with van der Waals surface area (Å²) in [5, 5.41) is 4.64. The SMILES string of the molecule is CSC1CCC(N2CC(c3ccccc3)NCC2C)CC1. The number of nitrogens with zero attached hydrogens (tertiary/aromatic N) is 1. The largest absolute Gasteiger partial charge is 0.307 e. The highest BCUT2D eigenvalue weighted by molar-refractivity contribution is 7.99. The van der Waals surface area contributed by atoms with E-state index < -0.39 is 0 Å². The van der Waals surface area contributed by atoms with Crippen molar-refractivity contribution in [1.82, 2.24) is 10.2 Å². The second-order valence-electron chi connectivity index (χ2n) is 6.58. The average Bonchev–Trinajstić information content (AvgIpc) is 2.56. The summed E-state index contributed by atoms with van der Waals surface area (Å²) in [6.45, 7) is 4.66. The lowest BCUT2D eigenvalue weighted by molar-refractivity contribution is 0.0708. The van der Waals surface area contributed by atoms with Gasteiger partial charge in [-0.15, -0.1) is 0 Å². The Morgan fingerprint density at radius 3 is 2.48 bits per heavy atom. The van der Waals surface area contributed by atoms with E-state index in [0.717, 1.165) is 17.8 Å². The predicted molar refractivity (Wildman–Crippen MR) is 92.9 cm³/mol. The van der Waals surface area contributed by atoms with Crippen molar-refractivity contribution in [3.05, 3.63) is 35.9 Å². The van der Waals surface area contributed by atoms with Crippen LogP contribution in [0.4, 0.5) is 0 Å². The lowest BCUT2D eigenvalue weighted by Crippen LogP contribution is -2.55. The van der Waals surface area contributed by atoms with Crippen LogP contribution in [-0.2, 0) is 0 Å². The van der Waals surface area contributed by atoms with Gasteiger partial charge in [0.05, 0.1) is 0 Å². The average molecular weight is 305 g/mol. The Morgan fingerprint density at radius 1 is 1.10 bits per heavy atom. The maximum absolute atomic E-state index is 3.73. The fraction of sp³-hybridized carbons (Fsp3) is 0.667. The van der Waals surface area contributed by atoms with E-state index in [1.54, 1.807) is 0 Å². The molecule has 21 heavy (non-hydrogen) atoms. The molecule has 0 amide bonds. The summed E-state index contributed by atoms with van der Waals surface area (Å²) in [6.07, 6.45) is 7.84. The number of benzene rings is 1. The lowest BCUT2D eigenvalue weighted by atomic mass is 9.91. The van der Waals surface area contributed by atoms with Gasteiger partial charge in [0.2, 0.25) is 0 Å². The molecule has 116 valence electrons. The van der Waals surface area contributed by atoms with Gasteiger partial charge in [-0.05, 0) is 44.4 Å². The molecule has 1 aliphatic heterocycles. The van der Waals surface area contributed by atoms with Crippen molar-refractivity contribution in [2.75, 3.05) is 19.3 Å². The molecule has 1 heterocycles. The van der Waals surface area contributed by atoms with Gasteiger partial charge in [0.15, 0.2) is 0 Å². The zero-order chi connectivity index (χ0) is 14.7. The molecule has 1 aromatic carbocycles. The van der Waals surface area contributed by atoms with E-state index >= 15 is 0 Å². The molecule has 0 aromatic heterocycles. The number of hydrogen-bond donors (Lipinski definition) is 1. The smallest absolute Gasteiger partial charge is 0.0450 e. The second kappa shape index (κ2) is 7.17. The van der Waals surface area contributed by atoms with E-state index in [1.165, 1.54) is 37.8 Å². The van der Waals surface area contributed by atoms with Crippen LogP contribution >= 0.6 is 11.8 Å². The maximum Gasteiger partial charge on any atom is 0.0450 e. The number of rotatable bonds is 3. The molecule has 2 fully saturated rings. The molecular weight excluding hydrogens is 276 g/mol. The predicted octanol–water partition coefficient (Wildman–Crippen LogP) is 3.70. The summed E-state index contributed by atoms with van der Waals surface area (Å²) in [5.41, 5.74) is 1.44. The van der Waals surface area contributed by atoms with Crippen LogP contribution < -0.4 is 5.32 Å². The minimum Gasteiger partial charge on any atom is -0.307 e. The molecule has 3 heteroatoms. The first kappa shape index (κ1) is 15.4. The van der Waals surface area contributed by atoms with Gasteiger partial charge >= 0.3 is 0 Å². The highest BCUT2D eigenvalue weighted by Crippen LogP contribution is 2.32. The first-order chi connectivity index (χ1) is 10.3. The lowest BCUT2D eigenvalue weighted by Gasteiger charge is -2.45. The Labute approximate surface area is 133 Å². The third-order valence-corrected chi connectivity index (χ3v) is 6.41. The van der Waals surface area contributed by atoms with Gasteiger partial charge in [0.1, 0.15) is 0 Å². The molecule has 0 radical (unpaired) electrons. The van der Waals surface area contributed by atoms with Crippen molar-refractivity contribution in [2.45, 2.75) is 56.0 Å². The van der Waals surface area contributed by atoms with Gasteiger partial charge < -0.3 is 5.32 Å². The van der Waals surface area contributed by atoms with Gasteiger partial charge in [-0.2, -0.15) is 11.8 Å². The molecule has 2 atom stereocenters. The van der Waals surface area contributed by atoms with Crippen LogP contribution in [0.15, 0.2) is 30.3 Å². The summed E-state index contributed by atoms with van der Waals surface area (Å²) in [5.74, 6) is 0. The second-order valence-corrected chi connectivity index (χ2v) is 7.72. The van der Waals surface area contributed by atoms with Crippen LogP contribution in [0, 0.1) is 0 Å². The third kappa shape index (κ3) is 3.64. The van der Waals surface area contributed by atoms with Crippen LogP contribution in [0.1, 0.15) is 44.2 Å². The Morgan fingerprint density at radius 2 is 1.81 bits per heavy atom. The fourth-order valence-corrected chi connectivity index (χ4v) is 4.66. The number of hydrogen-bond acceptors (Lipinski definition) is 3. The molecule has 3 rings (SSSR count). The molecule has 1 N–H and O–H groups in total. The summed E-state index contributed by atoms with van der Waals surface area (Å²) in [6, 6.07) is 12.9. The minimum atomic E-state index is 0.501. The first-order valence-electron chi connectivity index (χ1n) is 8.35. The molecule has 2 aliphatic rings. The van der Waals surface area contributed by atoms with Crippen molar-refractivity contribution in [3.63, 3.8) is 0 Å². The van der Waals surface area contributed by atoms with Crippen LogP contribution in [0.3, 0.4) is 0 Å². The van der Waals surface area contributed by atoms with E-state index in [-0.39, 0.29) is 0 Å². The highest BCUT2D eigenvalue weighted by Gasteiger charge is 2.33. The van der Waals surface area contributed by atoms with Crippen molar-refractivity contribution >= 4 is 11.8 Å². The van der Waals surface area contributed by atoms with Crippen molar-refractivity contribution in [1.29, 1.82) is 0 Å². The van der Waals surface area contributed by atoms with Gasteiger partial charge in [-0.25, -0.2) is 0 Å². The molecule has 1 aromatic rings. The topological polar surface area (TPSA) is 15.3 Å². The minimum absolute atomic E-state index is 0.501. The first-order valence-corrected chi connectivity index (χ1v) is 9.63. The van der Waals surface area contributed by atoms with E-state index in [2.05, 4.69) is 65.5 Å². The number of thioether (sulfide) groups is 1. The summed E-state index contributed by atoms with van der Waals surface area (Å²) in [7, 11) is 0. The van der Waals surface area contributed by atoms with E-state index in [1.807, 2.05) is 0 Å². The van der Waals surface area contributed by atoms with Crippen molar-refractivity contribution < 1.29 is 0 Å². The van der Waals surface area contributed by atoms with E-state index in [0.29, 0.717) is 12.1 Å². The molecule has 1 saturated carbocycles. The van der Waals surface area contributed by atoms with Gasteiger partial charge in [0.25, 0.3) is 0 Å². The summed E-state index contributed by atoms with van der Waals surface area (Å²) in [4.78, 5) is 2.78. The monoisotopic (exact) mass is 304 g/mol. The summed E-state index contributed by atoms with van der Waals surface area (Å²) >= 11 is 2.06. The van der Waals surface area contributed by atoms with Gasteiger partial charge in [-0.1, -0.05) is 30.3 Å². The highest BCUT2D eigenvalue weighted by atomic mass is 32.2.